The van der Waals surface area contributed by atoms with Crippen LogP contribution in [0.4, 0.5) is 17.1 Å². The standard InChI is InChI=1S/C17H20BrN5O4/c1-11-7-21(8-12(2)27-11)17(24)10-22-9-14(6-19-22)20-15-4-3-13(18)5-16(15)23(25)26/h3-6,9,11-12,20H,7-8,10H2,1-2H3. The van der Waals surface area contributed by atoms with Crippen molar-refractivity contribution >= 4 is 38.9 Å². The van der Waals surface area contributed by atoms with Gasteiger partial charge in [0.15, 0.2) is 0 Å². The lowest BCUT2D eigenvalue weighted by atomic mass is 10.2. The van der Waals surface area contributed by atoms with E-state index in [-0.39, 0.29) is 30.3 Å². The van der Waals surface area contributed by atoms with E-state index in [4.69, 9.17) is 4.74 Å². The van der Waals surface area contributed by atoms with Gasteiger partial charge >= 0.3 is 0 Å². The molecule has 1 N–H and O–H groups in total. The summed E-state index contributed by atoms with van der Waals surface area (Å²) in [6, 6.07) is 4.75. The Labute approximate surface area is 164 Å². The highest BCUT2D eigenvalue weighted by Crippen LogP contribution is 2.30. The largest absolute Gasteiger partial charge is 0.372 e. The molecule has 2 unspecified atom stereocenters. The van der Waals surface area contributed by atoms with E-state index < -0.39 is 4.92 Å². The second kappa shape index (κ2) is 8.05. The number of amides is 1. The average molecular weight is 438 g/mol. The van der Waals surface area contributed by atoms with Gasteiger partial charge in [0.05, 0.1) is 29.0 Å². The monoisotopic (exact) mass is 437 g/mol. The number of anilines is 2. The molecule has 1 amide bonds. The molecule has 1 fully saturated rings. The van der Waals surface area contributed by atoms with Crippen LogP contribution in [0.25, 0.3) is 0 Å². The molecule has 1 aliphatic heterocycles. The molecule has 1 aromatic heterocycles. The van der Waals surface area contributed by atoms with E-state index in [9.17, 15) is 14.9 Å². The molecule has 10 heteroatoms. The number of morpholine rings is 1. The lowest BCUT2D eigenvalue weighted by molar-refractivity contribution is -0.384. The number of nitrogens with one attached hydrogen (secondary N) is 1. The zero-order valence-electron chi connectivity index (χ0n) is 15.0. The first-order chi connectivity index (χ1) is 12.8. The zero-order valence-corrected chi connectivity index (χ0v) is 16.5. The minimum Gasteiger partial charge on any atom is -0.372 e. The number of halogens is 1. The lowest BCUT2D eigenvalue weighted by Gasteiger charge is -2.35. The number of nitrogens with zero attached hydrogens (tertiary/aromatic N) is 4. The van der Waals surface area contributed by atoms with Gasteiger partial charge in [0.1, 0.15) is 12.2 Å². The summed E-state index contributed by atoms with van der Waals surface area (Å²) in [5, 5.41) is 18.4. The normalized spacial score (nSPS) is 19.7. The lowest BCUT2D eigenvalue weighted by Crippen LogP contribution is -2.49. The molecule has 1 aliphatic rings. The number of benzene rings is 1. The quantitative estimate of drug-likeness (QED) is 0.569. The predicted molar refractivity (Wildman–Crippen MR) is 103 cm³/mol. The highest BCUT2D eigenvalue weighted by molar-refractivity contribution is 9.10. The maximum Gasteiger partial charge on any atom is 0.293 e. The number of nitro groups is 1. The summed E-state index contributed by atoms with van der Waals surface area (Å²) in [7, 11) is 0. The summed E-state index contributed by atoms with van der Waals surface area (Å²) in [6.45, 7) is 5.10. The van der Waals surface area contributed by atoms with Crippen molar-refractivity contribution in [2.45, 2.75) is 32.6 Å². The molecule has 2 atom stereocenters. The van der Waals surface area contributed by atoms with Crippen LogP contribution in [0, 0.1) is 10.1 Å². The van der Waals surface area contributed by atoms with Gasteiger partial charge in [-0.2, -0.15) is 5.10 Å². The number of rotatable bonds is 5. The number of carbonyl (C=O) groups is 1. The van der Waals surface area contributed by atoms with Crippen LogP contribution in [0.15, 0.2) is 35.1 Å². The molecule has 1 aromatic carbocycles. The van der Waals surface area contributed by atoms with E-state index in [1.54, 1.807) is 23.2 Å². The molecule has 0 saturated carbocycles. The highest BCUT2D eigenvalue weighted by atomic mass is 79.9. The Hall–Kier alpha value is -2.46. The third-order valence-corrected chi connectivity index (χ3v) is 4.63. The average Bonchev–Trinajstić information content (AvgIpc) is 3.02. The third kappa shape index (κ3) is 4.83. The molecular weight excluding hydrogens is 418 g/mol. The second-order valence-corrected chi connectivity index (χ2v) is 7.44. The van der Waals surface area contributed by atoms with Gasteiger partial charge in [-0.05, 0) is 26.0 Å². The maximum absolute atomic E-state index is 12.5. The van der Waals surface area contributed by atoms with Gasteiger partial charge in [-0.25, -0.2) is 0 Å². The first-order valence-electron chi connectivity index (χ1n) is 8.48. The summed E-state index contributed by atoms with van der Waals surface area (Å²) in [5.74, 6) is -0.0405. The Kier molecular flexibility index (Phi) is 5.76. The molecule has 1 saturated heterocycles. The van der Waals surface area contributed by atoms with Gasteiger partial charge in [-0.3, -0.25) is 19.6 Å². The number of hydrogen-bond donors (Lipinski definition) is 1. The highest BCUT2D eigenvalue weighted by Gasteiger charge is 2.26. The Balaban J connectivity index is 1.67. The van der Waals surface area contributed by atoms with Crippen molar-refractivity contribution in [1.29, 1.82) is 0 Å². The molecule has 3 rings (SSSR count). The fraction of sp³-hybridized carbons (Fsp3) is 0.412. The third-order valence-electron chi connectivity index (χ3n) is 4.14. The van der Waals surface area contributed by atoms with E-state index in [0.717, 1.165) is 0 Å². The molecule has 0 radical (unpaired) electrons. The van der Waals surface area contributed by atoms with E-state index in [1.165, 1.54) is 16.9 Å². The van der Waals surface area contributed by atoms with E-state index in [0.29, 0.717) is 28.9 Å². The SMILES string of the molecule is CC1CN(C(=O)Cn2cc(Nc3ccc(Br)cc3[N+](=O)[O-])cn2)CC(C)O1. The first kappa shape index (κ1) is 19.3. The van der Waals surface area contributed by atoms with Crippen molar-refractivity contribution in [2.75, 3.05) is 18.4 Å². The number of nitro benzene ring substituents is 1. The van der Waals surface area contributed by atoms with Crippen LogP contribution >= 0.6 is 15.9 Å². The fourth-order valence-corrected chi connectivity index (χ4v) is 3.40. The molecule has 0 aliphatic carbocycles. The van der Waals surface area contributed by atoms with Gasteiger partial charge < -0.3 is 15.0 Å². The van der Waals surface area contributed by atoms with Crippen molar-refractivity contribution in [3.05, 3.63) is 45.2 Å². The smallest absolute Gasteiger partial charge is 0.293 e. The Morgan fingerprint density at radius 3 is 2.78 bits per heavy atom. The minimum absolute atomic E-state index is 0.00510. The van der Waals surface area contributed by atoms with Gasteiger partial charge in [0.2, 0.25) is 5.91 Å². The van der Waals surface area contributed by atoms with Crippen molar-refractivity contribution in [1.82, 2.24) is 14.7 Å². The van der Waals surface area contributed by atoms with E-state index in [1.807, 2.05) is 13.8 Å². The molecule has 0 bridgehead atoms. The van der Waals surface area contributed by atoms with Crippen LogP contribution in [0.2, 0.25) is 0 Å². The van der Waals surface area contributed by atoms with Crippen molar-refractivity contribution < 1.29 is 14.5 Å². The van der Waals surface area contributed by atoms with Crippen LogP contribution in [-0.4, -0.2) is 50.8 Å². The maximum atomic E-state index is 12.5. The summed E-state index contributed by atoms with van der Waals surface area (Å²) in [5.41, 5.74) is 0.867. The van der Waals surface area contributed by atoms with E-state index in [2.05, 4.69) is 26.3 Å². The van der Waals surface area contributed by atoms with Crippen molar-refractivity contribution in [3.8, 4) is 0 Å². The molecule has 2 heterocycles. The number of hydrogen-bond acceptors (Lipinski definition) is 6. The Bertz CT molecular complexity index is 846. The number of aromatic nitrogens is 2. The van der Waals surface area contributed by atoms with Gasteiger partial charge in [-0.1, -0.05) is 15.9 Å². The van der Waals surface area contributed by atoms with E-state index >= 15 is 0 Å². The van der Waals surface area contributed by atoms with Crippen LogP contribution in [0.5, 0.6) is 0 Å². The summed E-state index contributed by atoms with van der Waals surface area (Å²) >= 11 is 3.23. The number of ether oxygens (including phenoxy) is 1. The molecule has 9 nitrogen and oxygen atoms in total. The number of carbonyl (C=O) groups excluding carboxylic acids is 1. The van der Waals surface area contributed by atoms with Gasteiger partial charge in [-0.15, -0.1) is 0 Å². The van der Waals surface area contributed by atoms with Crippen LogP contribution in [0.3, 0.4) is 0 Å². The first-order valence-corrected chi connectivity index (χ1v) is 9.28. The Morgan fingerprint density at radius 2 is 2.11 bits per heavy atom. The minimum atomic E-state index is -0.457. The summed E-state index contributed by atoms with van der Waals surface area (Å²) in [6.07, 6.45) is 3.19. The van der Waals surface area contributed by atoms with Crippen LogP contribution < -0.4 is 5.32 Å². The van der Waals surface area contributed by atoms with Gasteiger partial charge in [0, 0.05) is 29.8 Å². The zero-order chi connectivity index (χ0) is 19.6. The summed E-state index contributed by atoms with van der Waals surface area (Å²) in [4.78, 5) is 25.0. The fourth-order valence-electron chi connectivity index (χ4n) is 3.05. The van der Waals surface area contributed by atoms with Crippen LogP contribution in [-0.2, 0) is 16.1 Å². The molecule has 144 valence electrons. The summed E-state index contributed by atoms with van der Waals surface area (Å²) < 4.78 is 7.78. The molecular formula is C17H20BrN5O4. The molecule has 27 heavy (non-hydrogen) atoms. The predicted octanol–water partition coefficient (Wildman–Crippen LogP) is 2.93. The van der Waals surface area contributed by atoms with Crippen LogP contribution in [0.1, 0.15) is 13.8 Å². The topological polar surface area (TPSA) is 103 Å². The van der Waals surface area contributed by atoms with Crippen molar-refractivity contribution in [3.63, 3.8) is 0 Å². The molecule has 2 aromatic rings. The van der Waals surface area contributed by atoms with Crippen molar-refractivity contribution in [2.24, 2.45) is 0 Å². The molecule has 0 spiro atoms. The second-order valence-electron chi connectivity index (χ2n) is 6.53. The van der Waals surface area contributed by atoms with Gasteiger partial charge in [0.25, 0.3) is 5.69 Å². The Morgan fingerprint density at radius 1 is 1.41 bits per heavy atom.